The second-order valence-corrected chi connectivity index (χ2v) is 5.58. The third kappa shape index (κ3) is 4.67. The van der Waals surface area contributed by atoms with Crippen LogP contribution in [-0.4, -0.2) is 22.0 Å². The van der Waals surface area contributed by atoms with Gasteiger partial charge in [-0.15, -0.1) is 0 Å². The molecule has 122 valence electrons. The van der Waals surface area contributed by atoms with Gasteiger partial charge in [-0.05, 0) is 44.9 Å². The number of hydrogen-bond donors (Lipinski definition) is 2. The Bertz CT molecular complexity index is 768. The molecule has 1 aromatic heterocycles. The Morgan fingerprint density at radius 1 is 1.30 bits per heavy atom. The zero-order valence-corrected chi connectivity index (χ0v) is 13.8. The molecule has 0 radical (unpaired) electrons. The second-order valence-electron chi connectivity index (χ2n) is 5.58. The number of nitrogens with one attached hydrogen (secondary N) is 2. The standard InChI is InChI=1S/C17H21N3O3/c1-10-5-6-11(2)14(7-10)23-13(4)17(22)18-9-15-19-12(3)8-16(21)20-15/h5-8,13H,9H2,1-4H3,(H,18,22)(H,19,20,21)/t13-/m0/s1. The minimum atomic E-state index is -0.646. The summed E-state index contributed by atoms with van der Waals surface area (Å²) in [6, 6.07) is 7.25. The van der Waals surface area contributed by atoms with Gasteiger partial charge in [0, 0.05) is 11.8 Å². The highest BCUT2D eigenvalue weighted by atomic mass is 16.5. The number of aromatic nitrogens is 2. The van der Waals surface area contributed by atoms with Crippen LogP contribution in [0.5, 0.6) is 5.75 Å². The average molecular weight is 315 g/mol. The molecule has 0 unspecified atom stereocenters. The largest absolute Gasteiger partial charge is 0.481 e. The van der Waals surface area contributed by atoms with Crippen LogP contribution in [0.1, 0.15) is 29.6 Å². The predicted octanol–water partition coefficient (Wildman–Crippen LogP) is 1.78. The Kier molecular flexibility index (Phi) is 5.16. The van der Waals surface area contributed by atoms with Crippen molar-refractivity contribution in [3.63, 3.8) is 0 Å². The predicted molar refractivity (Wildman–Crippen MR) is 87.4 cm³/mol. The normalized spacial score (nSPS) is 11.8. The highest BCUT2D eigenvalue weighted by Gasteiger charge is 2.15. The first-order chi connectivity index (χ1) is 10.8. The molecule has 1 amide bonds. The molecule has 0 aliphatic carbocycles. The van der Waals surface area contributed by atoms with E-state index in [-0.39, 0.29) is 18.0 Å². The van der Waals surface area contributed by atoms with Gasteiger partial charge in [-0.3, -0.25) is 9.59 Å². The summed E-state index contributed by atoms with van der Waals surface area (Å²) in [5.41, 5.74) is 2.42. The van der Waals surface area contributed by atoms with Crippen LogP contribution in [0, 0.1) is 20.8 Å². The quantitative estimate of drug-likeness (QED) is 0.881. The zero-order chi connectivity index (χ0) is 17.0. The number of aromatic amines is 1. The van der Waals surface area contributed by atoms with Crippen molar-refractivity contribution < 1.29 is 9.53 Å². The lowest BCUT2D eigenvalue weighted by Crippen LogP contribution is -2.36. The van der Waals surface area contributed by atoms with Crippen molar-refractivity contribution in [3.8, 4) is 5.75 Å². The molecule has 2 aromatic rings. The van der Waals surface area contributed by atoms with E-state index in [1.165, 1.54) is 6.07 Å². The molecule has 1 atom stereocenters. The molecular formula is C17H21N3O3. The summed E-state index contributed by atoms with van der Waals surface area (Å²) in [4.78, 5) is 30.2. The number of nitrogens with zero attached hydrogens (tertiary/aromatic N) is 1. The molecule has 23 heavy (non-hydrogen) atoms. The van der Waals surface area contributed by atoms with E-state index in [1.807, 2.05) is 32.0 Å². The maximum absolute atomic E-state index is 12.1. The van der Waals surface area contributed by atoms with E-state index in [0.717, 1.165) is 11.1 Å². The van der Waals surface area contributed by atoms with Crippen LogP contribution in [0.15, 0.2) is 29.1 Å². The summed E-state index contributed by atoms with van der Waals surface area (Å²) in [5, 5.41) is 2.71. The van der Waals surface area contributed by atoms with Crippen molar-refractivity contribution >= 4 is 5.91 Å². The van der Waals surface area contributed by atoms with Gasteiger partial charge >= 0.3 is 0 Å². The molecule has 6 nitrogen and oxygen atoms in total. The maximum atomic E-state index is 12.1. The number of amides is 1. The molecule has 0 aliphatic rings. The van der Waals surface area contributed by atoms with Crippen molar-refractivity contribution in [2.75, 3.05) is 0 Å². The highest BCUT2D eigenvalue weighted by molar-refractivity contribution is 5.80. The van der Waals surface area contributed by atoms with Gasteiger partial charge in [-0.25, -0.2) is 4.98 Å². The lowest BCUT2D eigenvalue weighted by molar-refractivity contribution is -0.127. The van der Waals surface area contributed by atoms with Gasteiger partial charge in [-0.2, -0.15) is 0 Å². The molecule has 0 aliphatic heterocycles. The van der Waals surface area contributed by atoms with Crippen LogP contribution < -0.4 is 15.6 Å². The summed E-state index contributed by atoms with van der Waals surface area (Å²) in [6.07, 6.45) is -0.646. The summed E-state index contributed by atoms with van der Waals surface area (Å²) in [5.74, 6) is 0.840. The van der Waals surface area contributed by atoms with Crippen LogP contribution in [0.25, 0.3) is 0 Å². The lowest BCUT2D eigenvalue weighted by Gasteiger charge is -2.16. The Balaban J connectivity index is 1.97. The molecule has 1 aromatic carbocycles. The third-order valence-corrected chi connectivity index (χ3v) is 3.37. The first-order valence-electron chi connectivity index (χ1n) is 7.43. The number of benzene rings is 1. The van der Waals surface area contributed by atoms with Gasteiger partial charge < -0.3 is 15.0 Å². The number of H-pyrrole nitrogens is 1. The van der Waals surface area contributed by atoms with Crippen LogP contribution in [0.3, 0.4) is 0 Å². The SMILES string of the molecule is Cc1ccc(C)c(O[C@@H](C)C(=O)NCc2nc(C)cc(=O)[nH]2)c1. The van der Waals surface area contributed by atoms with E-state index < -0.39 is 6.10 Å². The molecule has 2 N–H and O–H groups in total. The monoisotopic (exact) mass is 315 g/mol. The third-order valence-electron chi connectivity index (χ3n) is 3.37. The Morgan fingerprint density at radius 2 is 2.04 bits per heavy atom. The first-order valence-corrected chi connectivity index (χ1v) is 7.43. The smallest absolute Gasteiger partial charge is 0.261 e. The van der Waals surface area contributed by atoms with Crippen molar-refractivity contribution in [2.24, 2.45) is 0 Å². The minimum Gasteiger partial charge on any atom is -0.481 e. The zero-order valence-electron chi connectivity index (χ0n) is 13.8. The molecule has 0 spiro atoms. The topological polar surface area (TPSA) is 84.1 Å². The van der Waals surface area contributed by atoms with Gasteiger partial charge in [0.2, 0.25) is 0 Å². The lowest BCUT2D eigenvalue weighted by atomic mass is 10.1. The van der Waals surface area contributed by atoms with Crippen molar-refractivity contribution in [1.82, 2.24) is 15.3 Å². The summed E-state index contributed by atoms with van der Waals surface area (Å²) < 4.78 is 5.72. The van der Waals surface area contributed by atoms with E-state index in [2.05, 4.69) is 15.3 Å². The van der Waals surface area contributed by atoms with Crippen molar-refractivity contribution in [3.05, 3.63) is 57.3 Å². The molecule has 0 saturated heterocycles. The van der Waals surface area contributed by atoms with Crippen LogP contribution in [0.2, 0.25) is 0 Å². The molecule has 2 rings (SSSR count). The van der Waals surface area contributed by atoms with E-state index >= 15 is 0 Å². The fraction of sp³-hybridized carbons (Fsp3) is 0.353. The van der Waals surface area contributed by atoms with Gasteiger partial charge in [-0.1, -0.05) is 12.1 Å². The fourth-order valence-corrected chi connectivity index (χ4v) is 2.12. The fourth-order valence-electron chi connectivity index (χ4n) is 2.12. The van der Waals surface area contributed by atoms with Gasteiger partial charge in [0.1, 0.15) is 11.6 Å². The molecule has 0 fully saturated rings. The molecule has 6 heteroatoms. The van der Waals surface area contributed by atoms with Crippen molar-refractivity contribution in [2.45, 2.75) is 40.3 Å². The number of ether oxygens (including phenoxy) is 1. The Hall–Kier alpha value is -2.63. The molecular weight excluding hydrogens is 294 g/mol. The number of carbonyl (C=O) groups is 1. The summed E-state index contributed by atoms with van der Waals surface area (Å²) >= 11 is 0. The number of carbonyl (C=O) groups excluding carboxylic acids is 1. The molecule has 0 saturated carbocycles. The Morgan fingerprint density at radius 3 is 2.74 bits per heavy atom. The number of rotatable bonds is 5. The van der Waals surface area contributed by atoms with E-state index in [9.17, 15) is 9.59 Å². The summed E-state index contributed by atoms with van der Waals surface area (Å²) in [6.45, 7) is 7.46. The van der Waals surface area contributed by atoms with Gasteiger partial charge in [0.05, 0.1) is 6.54 Å². The van der Waals surface area contributed by atoms with E-state index in [0.29, 0.717) is 17.3 Å². The van der Waals surface area contributed by atoms with Crippen LogP contribution in [-0.2, 0) is 11.3 Å². The van der Waals surface area contributed by atoms with Gasteiger partial charge in [0.25, 0.3) is 11.5 Å². The number of aryl methyl sites for hydroxylation is 3. The van der Waals surface area contributed by atoms with E-state index in [1.54, 1.807) is 13.8 Å². The highest BCUT2D eigenvalue weighted by Crippen LogP contribution is 2.20. The summed E-state index contributed by atoms with van der Waals surface area (Å²) in [7, 11) is 0. The van der Waals surface area contributed by atoms with Crippen LogP contribution in [0.4, 0.5) is 0 Å². The molecule has 0 bridgehead atoms. The second kappa shape index (κ2) is 7.09. The average Bonchev–Trinajstić information content (AvgIpc) is 2.47. The van der Waals surface area contributed by atoms with Crippen molar-refractivity contribution in [1.29, 1.82) is 0 Å². The van der Waals surface area contributed by atoms with Crippen LogP contribution >= 0.6 is 0 Å². The minimum absolute atomic E-state index is 0.149. The van der Waals surface area contributed by atoms with Gasteiger partial charge in [0.15, 0.2) is 6.10 Å². The molecule has 1 heterocycles. The first kappa shape index (κ1) is 16.7. The maximum Gasteiger partial charge on any atom is 0.261 e. The number of hydrogen-bond acceptors (Lipinski definition) is 4. The Labute approximate surface area is 134 Å². The van der Waals surface area contributed by atoms with E-state index in [4.69, 9.17) is 4.74 Å².